The zero-order chi connectivity index (χ0) is 27.5. The first-order valence-electron chi connectivity index (χ1n) is 13.7. The van der Waals surface area contributed by atoms with Gasteiger partial charge >= 0.3 is 0 Å². The zero-order valence-corrected chi connectivity index (χ0v) is 22.6. The summed E-state index contributed by atoms with van der Waals surface area (Å²) in [7, 11) is 1.97. The van der Waals surface area contributed by atoms with Crippen molar-refractivity contribution < 1.29 is 19.7 Å². The van der Waals surface area contributed by atoms with Crippen LogP contribution in [0.3, 0.4) is 0 Å². The molecule has 8 heteroatoms. The number of aliphatic hydroxyl groups excluding tert-OH is 2. The van der Waals surface area contributed by atoms with Crippen molar-refractivity contribution in [2.45, 2.75) is 25.2 Å². The van der Waals surface area contributed by atoms with E-state index < -0.39 is 12.1 Å². The summed E-state index contributed by atoms with van der Waals surface area (Å²) >= 11 is 0. The molecule has 0 radical (unpaired) electrons. The van der Waals surface area contributed by atoms with E-state index in [1.165, 1.54) is 0 Å². The van der Waals surface area contributed by atoms with Crippen molar-refractivity contribution >= 4 is 11.6 Å². The lowest BCUT2D eigenvalue weighted by Gasteiger charge is -2.34. The Hall–Kier alpha value is -3.43. The number of piperazine rings is 1. The third-order valence-corrected chi connectivity index (χ3v) is 7.07. The van der Waals surface area contributed by atoms with Crippen LogP contribution in [-0.2, 0) is 6.61 Å². The Morgan fingerprint density at radius 3 is 2.28 bits per heavy atom. The summed E-state index contributed by atoms with van der Waals surface area (Å²) < 4.78 is 5.87. The van der Waals surface area contributed by atoms with E-state index in [9.17, 15) is 15.0 Å². The van der Waals surface area contributed by atoms with Crippen molar-refractivity contribution in [3.05, 3.63) is 95.6 Å². The van der Waals surface area contributed by atoms with Crippen LogP contribution in [-0.4, -0.2) is 84.9 Å². The smallest absolute Gasteiger partial charge is 0.253 e. The number of carbonyl (C=O) groups is 1. The Bertz CT molecular complexity index is 1130. The van der Waals surface area contributed by atoms with E-state index in [1.807, 2.05) is 90.8 Å². The van der Waals surface area contributed by atoms with Crippen LogP contribution in [0.2, 0.25) is 0 Å². The van der Waals surface area contributed by atoms with Gasteiger partial charge in [0.2, 0.25) is 0 Å². The van der Waals surface area contributed by atoms with Crippen molar-refractivity contribution in [2.24, 2.45) is 0 Å². The van der Waals surface area contributed by atoms with Gasteiger partial charge in [0.1, 0.15) is 18.5 Å². The van der Waals surface area contributed by atoms with E-state index in [0.717, 1.165) is 68.3 Å². The molecular formula is C31H40N4O4. The molecule has 0 saturated carbocycles. The van der Waals surface area contributed by atoms with E-state index in [-0.39, 0.29) is 12.5 Å². The van der Waals surface area contributed by atoms with Gasteiger partial charge in [0.25, 0.3) is 5.91 Å². The summed E-state index contributed by atoms with van der Waals surface area (Å²) in [5.74, 6) is 0.760. The number of nitrogens with one attached hydrogen (secondary N) is 2. The second-order valence-corrected chi connectivity index (χ2v) is 9.88. The Morgan fingerprint density at radius 1 is 0.949 bits per heavy atom. The zero-order valence-electron chi connectivity index (χ0n) is 22.6. The maximum Gasteiger partial charge on any atom is 0.253 e. The van der Waals surface area contributed by atoms with Crippen LogP contribution in [0, 0.1) is 0 Å². The van der Waals surface area contributed by atoms with E-state index in [2.05, 4.69) is 15.5 Å². The predicted octanol–water partition coefficient (Wildman–Crippen LogP) is 3.14. The van der Waals surface area contributed by atoms with Gasteiger partial charge in [-0.1, -0.05) is 42.5 Å². The topological polar surface area (TPSA) is 97.3 Å². The molecule has 3 aromatic rings. The lowest BCUT2D eigenvalue weighted by atomic mass is 10.0. The van der Waals surface area contributed by atoms with Crippen molar-refractivity contribution in [3.8, 4) is 5.75 Å². The molecule has 0 bridgehead atoms. The molecule has 0 aliphatic carbocycles. The number of aliphatic hydroxyl groups is 2. The highest BCUT2D eigenvalue weighted by atomic mass is 16.5. The minimum atomic E-state index is -1.01. The van der Waals surface area contributed by atoms with Crippen molar-refractivity contribution in [3.63, 3.8) is 0 Å². The van der Waals surface area contributed by atoms with Crippen LogP contribution in [0.15, 0.2) is 78.9 Å². The van der Waals surface area contributed by atoms with E-state index >= 15 is 0 Å². The molecule has 0 aromatic heterocycles. The van der Waals surface area contributed by atoms with Gasteiger partial charge in [-0.05, 0) is 74.1 Å². The summed E-state index contributed by atoms with van der Waals surface area (Å²) in [5.41, 5.74) is 3.30. The first-order valence-corrected chi connectivity index (χ1v) is 13.7. The van der Waals surface area contributed by atoms with Crippen molar-refractivity contribution in [2.75, 3.05) is 58.2 Å². The maximum absolute atomic E-state index is 13.0. The highest BCUT2D eigenvalue weighted by Crippen LogP contribution is 2.26. The molecule has 208 valence electrons. The minimum Gasteiger partial charge on any atom is -0.489 e. The fraction of sp³-hybridized carbons (Fsp3) is 0.387. The Morgan fingerprint density at radius 2 is 1.64 bits per heavy atom. The first-order chi connectivity index (χ1) is 19.1. The molecule has 1 unspecified atom stereocenters. The number of nitrogens with zero attached hydrogens (tertiary/aromatic N) is 2. The SMILES string of the molecule is CNCCCN1CCN(C(=O)c2ccc(NC(c3ccc(OCc4ccccc4)cc3)[C@H](O)CO)cc2)CC1. The van der Waals surface area contributed by atoms with Crippen molar-refractivity contribution in [1.29, 1.82) is 0 Å². The van der Waals surface area contributed by atoms with E-state index in [0.29, 0.717) is 12.2 Å². The van der Waals surface area contributed by atoms with Gasteiger partial charge in [0, 0.05) is 37.4 Å². The molecule has 4 rings (SSSR count). The molecule has 1 fully saturated rings. The third kappa shape index (κ3) is 8.28. The minimum absolute atomic E-state index is 0.0365. The number of amides is 1. The summed E-state index contributed by atoms with van der Waals surface area (Å²) in [5, 5.41) is 26.7. The molecule has 0 spiro atoms. The molecule has 2 atom stereocenters. The van der Waals surface area contributed by atoms with E-state index in [4.69, 9.17) is 4.74 Å². The average Bonchev–Trinajstić information content (AvgIpc) is 3.00. The lowest BCUT2D eigenvalue weighted by molar-refractivity contribution is 0.0636. The second-order valence-electron chi connectivity index (χ2n) is 9.88. The Balaban J connectivity index is 1.33. The van der Waals surface area contributed by atoms with Gasteiger partial charge in [-0.2, -0.15) is 0 Å². The molecular weight excluding hydrogens is 492 g/mol. The largest absolute Gasteiger partial charge is 0.489 e. The number of hydrogen-bond acceptors (Lipinski definition) is 7. The van der Waals surface area contributed by atoms with Crippen LogP contribution in [0.5, 0.6) is 5.75 Å². The summed E-state index contributed by atoms with van der Waals surface area (Å²) in [6.07, 6.45) is 0.101. The van der Waals surface area contributed by atoms with Gasteiger partial charge in [-0.15, -0.1) is 0 Å². The number of carbonyl (C=O) groups excluding carboxylic acids is 1. The standard InChI is InChI=1S/C31H40N4O4/c1-32-16-5-17-34-18-20-35(21-19-34)31(38)26-8-12-27(13-9-26)33-30(29(37)22-36)25-10-14-28(15-11-25)39-23-24-6-3-2-4-7-24/h2-4,6-15,29-30,32-33,36-37H,5,16-23H2,1H3/t29-,30?/m1/s1. The average molecular weight is 533 g/mol. The number of benzene rings is 3. The maximum atomic E-state index is 13.0. The van der Waals surface area contributed by atoms with Gasteiger partial charge in [-0.25, -0.2) is 0 Å². The number of rotatable bonds is 13. The van der Waals surface area contributed by atoms with Crippen molar-refractivity contribution in [1.82, 2.24) is 15.1 Å². The number of hydrogen-bond donors (Lipinski definition) is 4. The van der Waals surface area contributed by atoms with Gasteiger partial charge in [0.05, 0.1) is 12.6 Å². The van der Waals surface area contributed by atoms with Crippen LogP contribution in [0.4, 0.5) is 5.69 Å². The molecule has 39 heavy (non-hydrogen) atoms. The molecule has 1 heterocycles. The highest BCUT2D eigenvalue weighted by Gasteiger charge is 2.23. The van der Waals surface area contributed by atoms with Crippen LogP contribution in [0.1, 0.15) is 33.9 Å². The second kappa shape index (κ2) is 14.6. The molecule has 1 aliphatic heterocycles. The highest BCUT2D eigenvalue weighted by molar-refractivity contribution is 5.94. The van der Waals surface area contributed by atoms with Gasteiger partial charge < -0.3 is 30.5 Å². The Kier molecular flexibility index (Phi) is 10.7. The monoisotopic (exact) mass is 532 g/mol. The quantitative estimate of drug-likeness (QED) is 0.251. The van der Waals surface area contributed by atoms with Crippen LogP contribution in [0.25, 0.3) is 0 Å². The fourth-order valence-electron chi connectivity index (χ4n) is 4.74. The normalized spacial score (nSPS) is 15.5. The van der Waals surface area contributed by atoms with Crippen LogP contribution < -0.4 is 15.4 Å². The lowest BCUT2D eigenvalue weighted by Crippen LogP contribution is -2.49. The summed E-state index contributed by atoms with van der Waals surface area (Å²) in [4.78, 5) is 17.4. The molecule has 8 nitrogen and oxygen atoms in total. The number of anilines is 1. The predicted molar refractivity (Wildman–Crippen MR) is 154 cm³/mol. The Labute approximate surface area is 231 Å². The summed E-state index contributed by atoms with van der Waals surface area (Å²) in [6, 6.07) is 24.2. The molecule has 1 saturated heterocycles. The molecule has 1 amide bonds. The van der Waals surface area contributed by atoms with E-state index in [1.54, 1.807) is 0 Å². The van der Waals surface area contributed by atoms with Gasteiger partial charge in [0.15, 0.2) is 0 Å². The summed E-state index contributed by atoms with van der Waals surface area (Å²) in [6.45, 7) is 5.39. The molecule has 1 aliphatic rings. The number of ether oxygens (including phenoxy) is 1. The van der Waals surface area contributed by atoms with Gasteiger partial charge in [-0.3, -0.25) is 9.69 Å². The fourth-order valence-corrected chi connectivity index (χ4v) is 4.74. The third-order valence-electron chi connectivity index (χ3n) is 7.07. The van der Waals surface area contributed by atoms with Crippen LogP contribution >= 0.6 is 0 Å². The molecule has 3 aromatic carbocycles. The first kappa shape index (κ1) is 28.6. The molecule has 4 N–H and O–H groups in total.